The zero-order valence-corrected chi connectivity index (χ0v) is 13.0. The normalized spacial score (nSPS) is 11.1. The molecule has 3 rings (SSSR count). The molecule has 116 valence electrons. The van der Waals surface area contributed by atoms with Crippen molar-refractivity contribution in [3.05, 3.63) is 59.8 Å². The highest BCUT2D eigenvalue weighted by atomic mass is 16.4. The molecule has 4 heteroatoms. The van der Waals surface area contributed by atoms with Crippen molar-refractivity contribution in [1.82, 2.24) is 4.98 Å². The lowest BCUT2D eigenvalue weighted by Crippen LogP contribution is -2.07. The van der Waals surface area contributed by atoms with Crippen molar-refractivity contribution in [3.8, 4) is 11.1 Å². The summed E-state index contributed by atoms with van der Waals surface area (Å²) in [5.74, 6) is -0.943. The Morgan fingerprint density at radius 3 is 2.30 bits per heavy atom. The molecule has 0 radical (unpaired) electrons. The van der Waals surface area contributed by atoms with Crippen LogP contribution >= 0.6 is 0 Å². The number of hydrogen-bond donors (Lipinski definition) is 2. The van der Waals surface area contributed by atoms with Gasteiger partial charge in [-0.1, -0.05) is 26.0 Å². The Balaban J connectivity index is 2.17. The van der Waals surface area contributed by atoms with Gasteiger partial charge in [-0.2, -0.15) is 0 Å². The predicted molar refractivity (Wildman–Crippen MR) is 89.9 cm³/mol. The van der Waals surface area contributed by atoms with Crippen LogP contribution in [0, 0.1) is 5.92 Å². The number of nitrogens with one attached hydrogen (secondary N) is 1. The highest BCUT2D eigenvalue weighted by molar-refractivity contribution is 6.05. The Morgan fingerprint density at radius 1 is 1.00 bits per heavy atom. The molecule has 1 aromatic heterocycles. The number of H-pyrrole nitrogens is 1. The lowest BCUT2D eigenvalue weighted by atomic mass is 9.94. The fourth-order valence-electron chi connectivity index (χ4n) is 2.67. The average Bonchev–Trinajstić information content (AvgIpc) is 3.01. The van der Waals surface area contributed by atoms with Gasteiger partial charge in [-0.25, -0.2) is 4.79 Å². The van der Waals surface area contributed by atoms with E-state index in [1.165, 1.54) is 0 Å². The van der Waals surface area contributed by atoms with Gasteiger partial charge in [0.2, 0.25) is 0 Å². The molecule has 3 aromatic rings. The van der Waals surface area contributed by atoms with Crippen LogP contribution in [0.3, 0.4) is 0 Å². The molecule has 4 nitrogen and oxygen atoms in total. The topological polar surface area (TPSA) is 70.2 Å². The van der Waals surface area contributed by atoms with E-state index in [1.807, 2.05) is 38.2 Å². The number of carboxylic acid groups (broad SMARTS) is 1. The molecular formula is C19H17NO3. The Hall–Kier alpha value is -2.88. The monoisotopic (exact) mass is 307 g/mol. The minimum absolute atomic E-state index is 0.0790. The molecule has 0 spiro atoms. The van der Waals surface area contributed by atoms with Gasteiger partial charge in [0.05, 0.1) is 5.56 Å². The summed E-state index contributed by atoms with van der Waals surface area (Å²) in [7, 11) is 0. The van der Waals surface area contributed by atoms with Gasteiger partial charge in [0.25, 0.3) is 0 Å². The first kappa shape index (κ1) is 15.0. The summed E-state index contributed by atoms with van der Waals surface area (Å²) in [4.78, 5) is 26.5. The van der Waals surface area contributed by atoms with Gasteiger partial charge in [-0.15, -0.1) is 0 Å². The van der Waals surface area contributed by atoms with E-state index in [9.17, 15) is 9.59 Å². The third-order valence-electron chi connectivity index (χ3n) is 3.92. The first-order valence-electron chi connectivity index (χ1n) is 7.46. The van der Waals surface area contributed by atoms with Gasteiger partial charge in [-0.3, -0.25) is 4.79 Å². The van der Waals surface area contributed by atoms with Crippen LogP contribution in [0.15, 0.2) is 48.7 Å². The average molecular weight is 307 g/mol. The molecule has 0 bridgehead atoms. The van der Waals surface area contributed by atoms with Crippen LogP contribution < -0.4 is 0 Å². The van der Waals surface area contributed by atoms with Crippen LogP contribution in [0.1, 0.15) is 34.6 Å². The third kappa shape index (κ3) is 2.75. The van der Waals surface area contributed by atoms with Gasteiger partial charge in [0, 0.05) is 28.6 Å². The van der Waals surface area contributed by atoms with E-state index in [-0.39, 0.29) is 17.3 Å². The summed E-state index contributed by atoms with van der Waals surface area (Å²) in [5, 5.41) is 10.0. The number of carbonyl (C=O) groups is 2. The third-order valence-corrected chi connectivity index (χ3v) is 3.92. The maximum atomic E-state index is 12.3. The van der Waals surface area contributed by atoms with Crippen molar-refractivity contribution in [2.45, 2.75) is 13.8 Å². The van der Waals surface area contributed by atoms with Crippen molar-refractivity contribution in [1.29, 1.82) is 0 Å². The fourth-order valence-corrected chi connectivity index (χ4v) is 2.67. The number of carbonyl (C=O) groups excluding carboxylic acids is 1. The lowest BCUT2D eigenvalue weighted by Gasteiger charge is -2.10. The van der Waals surface area contributed by atoms with Crippen LogP contribution in [0.2, 0.25) is 0 Å². The summed E-state index contributed by atoms with van der Waals surface area (Å²) in [6, 6.07) is 12.4. The van der Waals surface area contributed by atoms with Crippen molar-refractivity contribution in [2.24, 2.45) is 5.92 Å². The summed E-state index contributed by atoms with van der Waals surface area (Å²) >= 11 is 0. The number of ketones is 1. The number of rotatable bonds is 4. The van der Waals surface area contributed by atoms with Crippen molar-refractivity contribution in [2.75, 3.05) is 0 Å². The van der Waals surface area contributed by atoms with E-state index in [4.69, 9.17) is 5.11 Å². The Morgan fingerprint density at radius 2 is 1.70 bits per heavy atom. The van der Waals surface area contributed by atoms with E-state index in [0.29, 0.717) is 5.56 Å². The van der Waals surface area contributed by atoms with Gasteiger partial charge in [0.15, 0.2) is 5.78 Å². The summed E-state index contributed by atoms with van der Waals surface area (Å²) in [6.07, 6.45) is 1.84. The molecule has 0 amide bonds. The summed E-state index contributed by atoms with van der Waals surface area (Å²) < 4.78 is 0. The van der Waals surface area contributed by atoms with Crippen LogP contribution in [0.25, 0.3) is 22.0 Å². The Labute approximate surface area is 133 Å². The SMILES string of the molecule is CC(C)C(=O)c1cc(-c2ccc(C(=O)O)cc2)c2cc[nH]c2c1. The predicted octanol–water partition coefficient (Wildman–Crippen LogP) is 4.37. The molecule has 2 N–H and O–H groups in total. The zero-order chi connectivity index (χ0) is 16.6. The van der Waals surface area contributed by atoms with Crippen LogP contribution in [-0.4, -0.2) is 21.8 Å². The van der Waals surface area contributed by atoms with E-state index >= 15 is 0 Å². The second kappa shape index (κ2) is 5.72. The van der Waals surface area contributed by atoms with E-state index in [2.05, 4.69) is 4.98 Å². The van der Waals surface area contributed by atoms with Gasteiger partial charge in [0.1, 0.15) is 0 Å². The first-order chi connectivity index (χ1) is 11.0. The number of hydrogen-bond acceptors (Lipinski definition) is 2. The molecule has 0 aliphatic heterocycles. The number of Topliss-reactive ketones (excluding diaryl/α,β-unsaturated/α-hetero) is 1. The van der Waals surface area contributed by atoms with Crippen molar-refractivity contribution >= 4 is 22.7 Å². The smallest absolute Gasteiger partial charge is 0.335 e. The second-order valence-electron chi connectivity index (χ2n) is 5.86. The standard InChI is InChI=1S/C19H17NO3/c1-11(2)18(21)14-9-16(15-7-8-20-17(15)10-14)12-3-5-13(6-4-12)19(22)23/h3-11,20H,1-2H3,(H,22,23). The molecule has 0 aliphatic rings. The molecular weight excluding hydrogens is 290 g/mol. The number of fused-ring (bicyclic) bond motifs is 1. The second-order valence-corrected chi connectivity index (χ2v) is 5.86. The van der Waals surface area contributed by atoms with Gasteiger partial charge < -0.3 is 10.1 Å². The fraction of sp³-hybridized carbons (Fsp3) is 0.158. The maximum absolute atomic E-state index is 12.3. The minimum Gasteiger partial charge on any atom is -0.478 e. The van der Waals surface area contributed by atoms with E-state index in [0.717, 1.165) is 22.0 Å². The number of aromatic carboxylic acids is 1. The molecule has 2 aromatic carbocycles. The minimum atomic E-state index is -0.952. The zero-order valence-electron chi connectivity index (χ0n) is 13.0. The van der Waals surface area contributed by atoms with E-state index < -0.39 is 5.97 Å². The molecule has 0 aliphatic carbocycles. The molecule has 0 fully saturated rings. The molecule has 23 heavy (non-hydrogen) atoms. The summed E-state index contributed by atoms with van der Waals surface area (Å²) in [5.41, 5.74) is 3.61. The molecule has 0 atom stereocenters. The lowest BCUT2D eigenvalue weighted by molar-refractivity contribution is 0.0696. The highest BCUT2D eigenvalue weighted by Crippen LogP contribution is 2.31. The maximum Gasteiger partial charge on any atom is 0.335 e. The van der Waals surface area contributed by atoms with Crippen LogP contribution in [0.4, 0.5) is 0 Å². The Bertz CT molecular complexity index is 889. The largest absolute Gasteiger partial charge is 0.478 e. The Kier molecular flexibility index (Phi) is 3.74. The van der Waals surface area contributed by atoms with Crippen LogP contribution in [0.5, 0.6) is 0 Å². The number of benzene rings is 2. The number of aromatic nitrogens is 1. The molecule has 1 heterocycles. The molecule has 0 saturated carbocycles. The highest BCUT2D eigenvalue weighted by Gasteiger charge is 2.15. The molecule has 0 saturated heterocycles. The van der Waals surface area contributed by atoms with Crippen LogP contribution in [-0.2, 0) is 0 Å². The molecule has 0 unspecified atom stereocenters. The quantitative estimate of drug-likeness (QED) is 0.703. The van der Waals surface area contributed by atoms with E-state index in [1.54, 1.807) is 24.3 Å². The summed E-state index contributed by atoms with van der Waals surface area (Å²) in [6.45, 7) is 3.76. The van der Waals surface area contributed by atoms with Gasteiger partial charge in [-0.05, 0) is 41.5 Å². The van der Waals surface area contributed by atoms with Crippen molar-refractivity contribution < 1.29 is 14.7 Å². The van der Waals surface area contributed by atoms with Gasteiger partial charge >= 0.3 is 5.97 Å². The first-order valence-corrected chi connectivity index (χ1v) is 7.46. The van der Waals surface area contributed by atoms with Crippen molar-refractivity contribution in [3.63, 3.8) is 0 Å². The number of aromatic amines is 1. The number of carboxylic acids is 1.